The minimum atomic E-state index is 0.701. The summed E-state index contributed by atoms with van der Waals surface area (Å²) < 4.78 is 0. The highest BCUT2D eigenvalue weighted by molar-refractivity contribution is 5.26. The predicted molar refractivity (Wildman–Crippen MR) is 69.5 cm³/mol. The lowest BCUT2D eigenvalue weighted by Crippen LogP contribution is -2.14. The van der Waals surface area contributed by atoms with Gasteiger partial charge in [0.1, 0.15) is 0 Å². The molecule has 1 fully saturated rings. The van der Waals surface area contributed by atoms with Gasteiger partial charge in [-0.15, -0.1) is 0 Å². The van der Waals surface area contributed by atoms with Crippen molar-refractivity contribution in [1.82, 2.24) is 0 Å². The van der Waals surface area contributed by atoms with Crippen LogP contribution in [0.15, 0.2) is 24.3 Å². The van der Waals surface area contributed by atoms with E-state index in [-0.39, 0.29) is 0 Å². The Morgan fingerprint density at radius 3 is 2.69 bits per heavy atom. The van der Waals surface area contributed by atoms with Gasteiger partial charge in [0.15, 0.2) is 0 Å². The summed E-state index contributed by atoms with van der Waals surface area (Å²) in [6, 6.07) is 8.99. The monoisotopic (exact) mass is 217 g/mol. The Morgan fingerprint density at radius 2 is 2.06 bits per heavy atom. The van der Waals surface area contributed by atoms with Crippen molar-refractivity contribution in [3.05, 3.63) is 35.4 Å². The van der Waals surface area contributed by atoms with Crippen molar-refractivity contribution >= 4 is 0 Å². The average Bonchev–Trinajstić information content (AvgIpc) is 2.79. The van der Waals surface area contributed by atoms with Gasteiger partial charge in [0.2, 0.25) is 0 Å². The maximum atomic E-state index is 5.77. The molecule has 1 aromatic carbocycles. The van der Waals surface area contributed by atoms with Gasteiger partial charge in [0.05, 0.1) is 0 Å². The van der Waals surface area contributed by atoms with E-state index < -0.39 is 0 Å². The van der Waals surface area contributed by atoms with Gasteiger partial charge in [-0.25, -0.2) is 0 Å². The summed E-state index contributed by atoms with van der Waals surface area (Å²) in [6.07, 6.45) is 6.78. The van der Waals surface area contributed by atoms with Gasteiger partial charge in [-0.1, -0.05) is 42.7 Å². The minimum absolute atomic E-state index is 0.701. The van der Waals surface area contributed by atoms with Crippen molar-refractivity contribution in [1.29, 1.82) is 0 Å². The van der Waals surface area contributed by atoms with E-state index in [0.29, 0.717) is 5.92 Å². The molecular formula is C15H23N. The Morgan fingerprint density at radius 1 is 1.31 bits per heavy atom. The molecule has 1 nitrogen and oxygen atoms in total. The molecule has 1 unspecified atom stereocenters. The van der Waals surface area contributed by atoms with Gasteiger partial charge in [-0.2, -0.15) is 0 Å². The van der Waals surface area contributed by atoms with Crippen LogP contribution in [0.5, 0.6) is 0 Å². The number of nitrogens with two attached hydrogens (primary N) is 1. The third-order valence-corrected chi connectivity index (χ3v) is 3.92. The second kappa shape index (κ2) is 5.49. The lowest BCUT2D eigenvalue weighted by Gasteiger charge is -2.23. The van der Waals surface area contributed by atoms with Crippen molar-refractivity contribution in [2.24, 2.45) is 11.7 Å². The molecule has 0 amide bonds. The fourth-order valence-corrected chi connectivity index (χ4v) is 3.11. The summed E-state index contributed by atoms with van der Waals surface area (Å²) in [4.78, 5) is 0. The van der Waals surface area contributed by atoms with Crippen LogP contribution in [0.1, 0.15) is 49.1 Å². The molecule has 2 N–H and O–H groups in total. The van der Waals surface area contributed by atoms with E-state index in [0.717, 1.165) is 18.9 Å². The average molecular weight is 217 g/mol. The number of hydrogen-bond acceptors (Lipinski definition) is 1. The van der Waals surface area contributed by atoms with E-state index in [4.69, 9.17) is 5.73 Å². The van der Waals surface area contributed by atoms with E-state index in [1.165, 1.54) is 36.8 Å². The molecule has 1 atom stereocenters. The van der Waals surface area contributed by atoms with Crippen molar-refractivity contribution < 1.29 is 0 Å². The highest BCUT2D eigenvalue weighted by Crippen LogP contribution is 2.39. The van der Waals surface area contributed by atoms with Gasteiger partial charge in [0, 0.05) is 0 Å². The number of benzene rings is 1. The van der Waals surface area contributed by atoms with E-state index in [1.807, 2.05) is 0 Å². The van der Waals surface area contributed by atoms with Crippen molar-refractivity contribution in [2.45, 2.75) is 44.9 Å². The summed E-state index contributed by atoms with van der Waals surface area (Å²) in [5.41, 5.74) is 8.66. The zero-order valence-corrected chi connectivity index (χ0v) is 10.3. The molecule has 0 saturated heterocycles. The van der Waals surface area contributed by atoms with Crippen LogP contribution in [0.3, 0.4) is 0 Å². The van der Waals surface area contributed by atoms with E-state index >= 15 is 0 Å². The van der Waals surface area contributed by atoms with Crippen LogP contribution < -0.4 is 5.73 Å². The Bertz CT molecular complexity index is 326. The molecule has 0 heterocycles. The van der Waals surface area contributed by atoms with Crippen molar-refractivity contribution in [3.8, 4) is 0 Å². The quantitative estimate of drug-likeness (QED) is 0.819. The van der Waals surface area contributed by atoms with Crippen molar-refractivity contribution in [2.75, 3.05) is 6.54 Å². The maximum Gasteiger partial charge on any atom is -0.00713 e. The molecule has 0 bridgehead atoms. The third-order valence-electron chi connectivity index (χ3n) is 3.92. The van der Waals surface area contributed by atoms with E-state index in [2.05, 4.69) is 31.2 Å². The first-order valence-electron chi connectivity index (χ1n) is 6.58. The maximum absolute atomic E-state index is 5.77. The van der Waals surface area contributed by atoms with Crippen molar-refractivity contribution in [3.63, 3.8) is 0 Å². The van der Waals surface area contributed by atoms with Crippen LogP contribution in [0.2, 0.25) is 0 Å². The first-order chi connectivity index (χ1) is 7.81. The lowest BCUT2D eigenvalue weighted by atomic mass is 9.82. The molecule has 1 saturated carbocycles. The van der Waals surface area contributed by atoms with Gasteiger partial charge >= 0.3 is 0 Å². The van der Waals surface area contributed by atoms with Crippen LogP contribution in [-0.2, 0) is 0 Å². The Hall–Kier alpha value is -0.820. The largest absolute Gasteiger partial charge is 0.330 e. The summed E-state index contributed by atoms with van der Waals surface area (Å²) in [5, 5.41) is 0. The third kappa shape index (κ3) is 2.65. The molecule has 0 radical (unpaired) electrons. The van der Waals surface area contributed by atoms with Crippen LogP contribution >= 0.6 is 0 Å². The first-order valence-corrected chi connectivity index (χ1v) is 6.58. The first kappa shape index (κ1) is 11.7. The molecule has 0 aromatic heterocycles. The van der Waals surface area contributed by atoms with Crippen LogP contribution in [0, 0.1) is 12.8 Å². The smallest absolute Gasteiger partial charge is 0.00713 e. The fourth-order valence-electron chi connectivity index (χ4n) is 3.11. The molecular weight excluding hydrogens is 194 g/mol. The Labute approximate surface area is 99.0 Å². The van der Waals surface area contributed by atoms with Crippen LogP contribution in [0.25, 0.3) is 0 Å². The highest BCUT2D eigenvalue weighted by Gasteiger charge is 2.25. The summed E-state index contributed by atoms with van der Waals surface area (Å²) in [5.74, 6) is 1.58. The molecule has 88 valence electrons. The zero-order chi connectivity index (χ0) is 11.4. The molecule has 16 heavy (non-hydrogen) atoms. The summed E-state index contributed by atoms with van der Waals surface area (Å²) >= 11 is 0. The number of hydrogen-bond donors (Lipinski definition) is 1. The van der Waals surface area contributed by atoms with E-state index in [9.17, 15) is 0 Å². The van der Waals surface area contributed by atoms with Crippen LogP contribution in [0.4, 0.5) is 0 Å². The minimum Gasteiger partial charge on any atom is -0.330 e. The number of rotatable bonds is 4. The Balaban J connectivity index is 2.17. The lowest BCUT2D eigenvalue weighted by molar-refractivity contribution is 0.415. The zero-order valence-electron chi connectivity index (χ0n) is 10.3. The molecule has 0 aliphatic heterocycles. The predicted octanol–water partition coefficient (Wildman–Crippen LogP) is 3.62. The highest BCUT2D eigenvalue weighted by atomic mass is 14.5. The van der Waals surface area contributed by atoms with Crippen LogP contribution in [-0.4, -0.2) is 6.54 Å². The van der Waals surface area contributed by atoms with E-state index in [1.54, 1.807) is 0 Å². The summed E-state index contributed by atoms with van der Waals surface area (Å²) in [7, 11) is 0. The Kier molecular flexibility index (Phi) is 4.00. The van der Waals surface area contributed by atoms with Gasteiger partial charge in [-0.05, 0) is 50.1 Å². The topological polar surface area (TPSA) is 26.0 Å². The molecule has 1 aliphatic carbocycles. The summed E-state index contributed by atoms with van der Waals surface area (Å²) in [6.45, 7) is 2.99. The second-order valence-corrected chi connectivity index (χ2v) is 5.14. The SMILES string of the molecule is Cc1cccc(C(CCN)C2CCCC2)c1. The fraction of sp³-hybridized carbons (Fsp3) is 0.600. The normalized spacial score (nSPS) is 18.9. The number of aryl methyl sites for hydroxylation is 1. The molecule has 2 rings (SSSR count). The molecule has 1 heteroatoms. The standard InChI is InChI=1S/C15H23N/c1-12-5-4-8-14(11-12)15(9-10-16)13-6-2-3-7-13/h4-5,8,11,13,15H,2-3,6-7,9-10,16H2,1H3. The van der Waals surface area contributed by atoms with Gasteiger partial charge < -0.3 is 5.73 Å². The van der Waals surface area contributed by atoms with Gasteiger partial charge in [0.25, 0.3) is 0 Å². The molecule has 1 aromatic rings. The van der Waals surface area contributed by atoms with Gasteiger partial charge in [-0.3, -0.25) is 0 Å². The second-order valence-electron chi connectivity index (χ2n) is 5.14. The molecule has 1 aliphatic rings. The molecule has 0 spiro atoms.